The number of amides is 2. The first kappa shape index (κ1) is 16.6. The highest BCUT2D eigenvalue weighted by molar-refractivity contribution is 7.89. The lowest BCUT2D eigenvalue weighted by atomic mass is 9.99. The van der Waals surface area contributed by atoms with Crippen LogP contribution in [0.15, 0.2) is 27.9 Å². The summed E-state index contributed by atoms with van der Waals surface area (Å²) in [6, 6.07) is 2.12. The van der Waals surface area contributed by atoms with E-state index < -0.39 is 33.1 Å². The first-order chi connectivity index (χ1) is 13.9. The summed E-state index contributed by atoms with van der Waals surface area (Å²) < 4.78 is 48.5. The molecule has 1 aromatic carbocycles. The monoisotopic (exact) mass is 406 g/mol. The van der Waals surface area contributed by atoms with E-state index in [9.17, 15) is 18.3 Å². The Morgan fingerprint density at radius 1 is 1.18 bits per heavy atom. The summed E-state index contributed by atoms with van der Waals surface area (Å²) in [5, 5.41) is 12.2. The van der Waals surface area contributed by atoms with E-state index in [4.69, 9.17) is 7.16 Å². The number of aryl methyl sites for hydroxylation is 2. The molecular weight excluding hydrogens is 380 g/mol. The number of anilines is 1. The van der Waals surface area contributed by atoms with Crippen molar-refractivity contribution in [1.29, 1.82) is 0 Å². The first-order valence-electron chi connectivity index (χ1n) is 10.2. The third-order valence-corrected chi connectivity index (χ3v) is 6.41. The smallest absolute Gasteiger partial charge is 0.333 e. The van der Waals surface area contributed by atoms with Gasteiger partial charge in [0.15, 0.2) is 0 Å². The molecule has 0 spiro atoms. The predicted molar refractivity (Wildman–Crippen MR) is 104 cm³/mol. The lowest BCUT2D eigenvalue weighted by Crippen LogP contribution is -2.34. The molecule has 2 amide bonds. The normalized spacial score (nSPS) is 18.8. The highest BCUT2D eigenvalue weighted by Gasteiger charge is 2.28. The highest BCUT2D eigenvalue weighted by Crippen LogP contribution is 2.38. The second kappa shape index (κ2) is 6.63. The lowest BCUT2D eigenvalue weighted by molar-refractivity contribution is 0.0779. The highest BCUT2D eigenvalue weighted by atomic mass is 32.2. The van der Waals surface area contributed by atoms with Crippen LogP contribution in [-0.4, -0.2) is 19.6 Å². The van der Waals surface area contributed by atoms with Crippen LogP contribution in [0.2, 0.25) is 0 Å². The fraction of sp³-hybridized carbons (Fsp3) is 0.450. The minimum Gasteiger partial charge on any atom is -0.451 e. The van der Waals surface area contributed by atoms with Crippen LogP contribution in [0.1, 0.15) is 57.2 Å². The van der Waals surface area contributed by atoms with E-state index >= 15 is 0 Å². The Morgan fingerprint density at radius 3 is 2.61 bits per heavy atom. The van der Waals surface area contributed by atoms with Gasteiger partial charge in [-0.25, -0.2) is 9.52 Å². The summed E-state index contributed by atoms with van der Waals surface area (Å²) in [7, 11) is -4.28. The molecule has 3 N–H and O–H groups in total. The summed E-state index contributed by atoms with van der Waals surface area (Å²) in [5.41, 5.74) is 2.75. The number of hydrogen-bond acceptors (Lipinski definition) is 5. The largest absolute Gasteiger partial charge is 0.451 e. The van der Waals surface area contributed by atoms with Crippen molar-refractivity contribution in [1.82, 2.24) is 4.72 Å². The van der Waals surface area contributed by atoms with Crippen molar-refractivity contribution in [3.05, 3.63) is 46.2 Å². The van der Waals surface area contributed by atoms with Gasteiger partial charge in [0.1, 0.15) is 0 Å². The van der Waals surface area contributed by atoms with Crippen molar-refractivity contribution in [2.24, 2.45) is 0 Å². The minimum atomic E-state index is -4.28. The molecule has 0 aliphatic heterocycles. The number of hydrogen-bond donors (Lipinski definition) is 3. The van der Waals surface area contributed by atoms with Crippen LogP contribution in [0, 0.1) is 0 Å². The average molecular weight is 407 g/mol. The standard InChI is InChI=1S/C20H24N2O5S/c1-20(2,24)14-10-17(27-11-14)28(25,26)22-19(23)21-18-15-7-3-5-12(15)9-13-6-4-8-16(13)18/h9-11,24H,3-8H2,1-2H3,(H2,21,22,23)/i5D2. The molecule has 1 aromatic heterocycles. The van der Waals surface area contributed by atoms with Gasteiger partial charge in [0, 0.05) is 20.1 Å². The molecule has 2 aliphatic carbocycles. The van der Waals surface area contributed by atoms with Crippen molar-refractivity contribution < 1.29 is 25.5 Å². The van der Waals surface area contributed by atoms with Crippen LogP contribution in [0.25, 0.3) is 0 Å². The van der Waals surface area contributed by atoms with Crippen LogP contribution < -0.4 is 10.0 Å². The number of fused-ring (bicyclic) bond motifs is 2. The van der Waals surface area contributed by atoms with Crippen LogP contribution in [0.4, 0.5) is 10.5 Å². The SMILES string of the molecule is [2H]C1([2H])CCc2c1cc1c(c2NC(=O)NS(=O)(=O)c2cc(C(C)(C)O)co2)CCC1. The van der Waals surface area contributed by atoms with Gasteiger partial charge in [0.25, 0.3) is 10.0 Å². The van der Waals surface area contributed by atoms with Crippen molar-refractivity contribution in [3.63, 3.8) is 0 Å². The van der Waals surface area contributed by atoms with Crippen LogP contribution >= 0.6 is 0 Å². The van der Waals surface area contributed by atoms with E-state index in [1.807, 2.05) is 10.8 Å². The number of aliphatic hydroxyl groups is 1. The Balaban J connectivity index is 1.60. The predicted octanol–water partition coefficient (Wildman–Crippen LogP) is 2.99. The molecule has 28 heavy (non-hydrogen) atoms. The molecule has 0 atom stereocenters. The molecule has 1 heterocycles. The topological polar surface area (TPSA) is 109 Å². The number of carbonyl (C=O) groups excluding carboxylic acids is 1. The summed E-state index contributed by atoms with van der Waals surface area (Å²) in [4.78, 5) is 12.6. The van der Waals surface area contributed by atoms with Crippen molar-refractivity contribution in [2.45, 2.75) is 63.0 Å². The Bertz CT molecular complexity index is 1130. The molecule has 150 valence electrons. The van der Waals surface area contributed by atoms with Crippen molar-refractivity contribution >= 4 is 21.7 Å². The number of sulfonamides is 1. The van der Waals surface area contributed by atoms with E-state index in [0.717, 1.165) is 42.2 Å². The Labute approximate surface area is 167 Å². The summed E-state index contributed by atoms with van der Waals surface area (Å²) in [6.07, 6.45) is 2.93. The molecule has 4 rings (SSSR count). The van der Waals surface area contributed by atoms with Crippen molar-refractivity contribution in [2.75, 3.05) is 5.32 Å². The maximum atomic E-state index is 12.6. The molecular formula is C20H24N2O5S. The average Bonchev–Trinajstić information content (AvgIpc) is 3.33. The summed E-state index contributed by atoms with van der Waals surface area (Å²) in [6.45, 7) is 2.98. The van der Waals surface area contributed by atoms with Crippen LogP contribution in [0.3, 0.4) is 0 Å². The second-order valence-electron chi connectivity index (χ2n) is 7.72. The van der Waals surface area contributed by atoms with Gasteiger partial charge in [0.2, 0.25) is 5.09 Å². The van der Waals surface area contributed by atoms with Gasteiger partial charge in [0.05, 0.1) is 11.9 Å². The minimum absolute atomic E-state index is 0.268. The zero-order chi connectivity index (χ0) is 21.9. The first-order valence-corrected chi connectivity index (χ1v) is 10.7. The lowest BCUT2D eigenvalue weighted by Gasteiger charge is -2.16. The van der Waals surface area contributed by atoms with Gasteiger partial charge in [-0.1, -0.05) is 6.07 Å². The van der Waals surface area contributed by atoms with E-state index in [1.165, 1.54) is 19.9 Å². The zero-order valence-corrected chi connectivity index (χ0v) is 16.6. The molecule has 0 radical (unpaired) electrons. The number of urea groups is 1. The number of rotatable bonds is 4. The maximum Gasteiger partial charge on any atom is 0.333 e. The van der Waals surface area contributed by atoms with Crippen LogP contribution in [-0.2, 0) is 41.3 Å². The molecule has 0 saturated carbocycles. The third kappa shape index (κ3) is 3.42. The van der Waals surface area contributed by atoms with E-state index in [-0.39, 0.29) is 5.56 Å². The molecule has 0 bridgehead atoms. The molecule has 2 aliphatic rings. The van der Waals surface area contributed by atoms with Gasteiger partial charge in [-0.3, -0.25) is 0 Å². The Hall–Kier alpha value is -2.32. The summed E-state index contributed by atoms with van der Waals surface area (Å²) in [5.74, 6) is 0. The molecule has 0 fully saturated rings. The number of furan rings is 1. The van der Waals surface area contributed by atoms with E-state index in [0.29, 0.717) is 24.1 Å². The van der Waals surface area contributed by atoms with Crippen LogP contribution in [0.5, 0.6) is 0 Å². The zero-order valence-electron chi connectivity index (χ0n) is 17.8. The number of nitrogens with one attached hydrogen (secondary N) is 2. The van der Waals surface area contributed by atoms with Gasteiger partial charge < -0.3 is 14.8 Å². The quantitative estimate of drug-likeness (QED) is 0.723. The fourth-order valence-corrected chi connectivity index (χ4v) is 4.62. The molecule has 8 heteroatoms. The Morgan fingerprint density at radius 2 is 1.89 bits per heavy atom. The van der Waals surface area contributed by atoms with Gasteiger partial charge in [-0.15, -0.1) is 0 Å². The van der Waals surface area contributed by atoms with Gasteiger partial charge in [-0.05, 0) is 74.6 Å². The molecule has 0 saturated heterocycles. The fourth-order valence-electron chi connectivity index (χ4n) is 3.77. The van der Waals surface area contributed by atoms with Gasteiger partial charge in [-0.2, -0.15) is 8.42 Å². The van der Waals surface area contributed by atoms with Crippen molar-refractivity contribution in [3.8, 4) is 0 Å². The number of benzene rings is 1. The third-order valence-electron chi connectivity index (χ3n) is 5.21. The maximum absolute atomic E-state index is 12.6. The molecule has 0 unspecified atom stereocenters. The van der Waals surface area contributed by atoms with Gasteiger partial charge >= 0.3 is 6.03 Å². The second-order valence-corrected chi connectivity index (χ2v) is 9.33. The summed E-state index contributed by atoms with van der Waals surface area (Å²) >= 11 is 0. The molecule has 2 aromatic rings. The Kier molecular flexibility index (Phi) is 3.94. The van der Waals surface area contributed by atoms with E-state index in [2.05, 4.69) is 5.32 Å². The molecule has 7 nitrogen and oxygen atoms in total. The number of carbonyl (C=O) groups is 1. The van der Waals surface area contributed by atoms with E-state index in [1.54, 1.807) is 0 Å².